The summed E-state index contributed by atoms with van der Waals surface area (Å²) < 4.78 is 27.4. The number of carbonyl (C=O) groups excluding carboxylic acids is 1. The highest BCUT2D eigenvalue weighted by Gasteiger charge is 2.35. The summed E-state index contributed by atoms with van der Waals surface area (Å²) in [5.41, 5.74) is 1.22. The van der Waals surface area contributed by atoms with Gasteiger partial charge in [-0.05, 0) is 49.2 Å². The Labute approximate surface area is 155 Å². The molecular formula is C18H17N3O3S2. The van der Waals surface area contributed by atoms with Crippen LogP contribution >= 0.6 is 11.3 Å². The maximum Gasteiger partial charge on any atom is 0.257 e. The number of para-hydroxylation sites is 1. The Kier molecular flexibility index (Phi) is 4.26. The second-order valence-corrected chi connectivity index (χ2v) is 9.25. The second-order valence-electron chi connectivity index (χ2n) is 6.22. The summed E-state index contributed by atoms with van der Waals surface area (Å²) in [4.78, 5) is 17.0. The van der Waals surface area contributed by atoms with E-state index in [1.807, 2.05) is 24.3 Å². The van der Waals surface area contributed by atoms with Gasteiger partial charge in [0.25, 0.3) is 5.91 Å². The zero-order valence-electron chi connectivity index (χ0n) is 14.0. The molecule has 2 aromatic carbocycles. The molecule has 1 aromatic heterocycles. The van der Waals surface area contributed by atoms with Crippen LogP contribution in [0.2, 0.25) is 0 Å². The van der Waals surface area contributed by atoms with Crippen LogP contribution in [-0.4, -0.2) is 36.7 Å². The number of nitrogens with one attached hydrogen (secondary N) is 1. The van der Waals surface area contributed by atoms with E-state index in [4.69, 9.17) is 0 Å². The molecule has 0 aliphatic heterocycles. The van der Waals surface area contributed by atoms with Gasteiger partial charge in [-0.15, -0.1) is 0 Å². The molecule has 4 rings (SSSR count). The number of carbonyl (C=O) groups is 1. The molecule has 0 bridgehead atoms. The van der Waals surface area contributed by atoms with E-state index < -0.39 is 10.0 Å². The number of sulfonamides is 1. The lowest BCUT2D eigenvalue weighted by molar-refractivity contribution is 0.102. The molecule has 3 aromatic rings. The van der Waals surface area contributed by atoms with Crippen LogP contribution in [0, 0.1) is 0 Å². The van der Waals surface area contributed by atoms with Crippen molar-refractivity contribution in [1.82, 2.24) is 9.29 Å². The SMILES string of the molecule is CN(C1CC1)S(=O)(=O)c1ccc(C(=O)Nc2nc3ccccc3s2)cc1. The highest BCUT2D eigenvalue weighted by molar-refractivity contribution is 7.89. The maximum absolute atomic E-state index is 12.5. The zero-order chi connectivity index (χ0) is 18.3. The van der Waals surface area contributed by atoms with Gasteiger partial charge in [-0.3, -0.25) is 10.1 Å². The molecule has 26 heavy (non-hydrogen) atoms. The van der Waals surface area contributed by atoms with E-state index in [1.165, 1.54) is 39.9 Å². The molecule has 6 nitrogen and oxygen atoms in total. The highest BCUT2D eigenvalue weighted by atomic mass is 32.2. The first-order chi connectivity index (χ1) is 12.4. The van der Waals surface area contributed by atoms with Crippen molar-refractivity contribution in [2.24, 2.45) is 0 Å². The molecule has 1 saturated carbocycles. The van der Waals surface area contributed by atoms with Gasteiger partial charge in [0.05, 0.1) is 15.1 Å². The summed E-state index contributed by atoms with van der Waals surface area (Å²) in [6.45, 7) is 0. The molecule has 0 spiro atoms. The molecule has 0 saturated heterocycles. The third-order valence-corrected chi connectivity index (χ3v) is 7.25. The number of thiazole rings is 1. The predicted molar refractivity (Wildman–Crippen MR) is 102 cm³/mol. The highest BCUT2D eigenvalue weighted by Crippen LogP contribution is 2.30. The van der Waals surface area contributed by atoms with Crippen LogP contribution < -0.4 is 5.32 Å². The molecular weight excluding hydrogens is 370 g/mol. The molecule has 1 heterocycles. The average molecular weight is 387 g/mol. The van der Waals surface area contributed by atoms with Crippen molar-refractivity contribution in [2.75, 3.05) is 12.4 Å². The van der Waals surface area contributed by atoms with E-state index in [0.717, 1.165) is 23.1 Å². The summed E-state index contributed by atoms with van der Waals surface area (Å²) in [5, 5.41) is 3.28. The fourth-order valence-corrected chi connectivity index (χ4v) is 4.95. The van der Waals surface area contributed by atoms with Gasteiger partial charge in [-0.25, -0.2) is 13.4 Å². The van der Waals surface area contributed by atoms with E-state index in [0.29, 0.717) is 10.7 Å². The fraction of sp³-hybridized carbons (Fsp3) is 0.222. The minimum atomic E-state index is -3.50. The van der Waals surface area contributed by atoms with Gasteiger partial charge < -0.3 is 0 Å². The Morgan fingerprint density at radius 1 is 1.15 bits per heavy atom. The number of nitrogens with zero attached hydrogens (tertiary/aromatic N) is 2. The van der Waals surface area contributed by atoms with Gasteiger partial charge in [0, 0.05) is 18.7 Å². The Balaban J connectivity index is 1.51. The van der Waals surface area contributed by atoms with Crippen LogP contribution in [-0.2, 0) is 10.0 Å². The number of hydrogen-bond donors (Lipinski definition) is 1. The van der Waals surface area contributed by atoms with Crippen LogP contribution in [0.5, 0.6) is 0 Å². The average Bonchev–Trinajstić information content (AvgIpc) is 3.40. The van der Waals surface area contributed by atoms with E-state index >= 15 is 0 Å². The van der Waals surface area contributed by atoms with Crippen molar-refractivity contribution >= 4 is 42.6 Å². The first kappa shape index (κ1) is 17.1. The molecule has 0 unspecified atom stereocenters. The minimum Gasteiger partial charge on any atom is -0.298 e. The predicted octanol–water partition coefficient (Wildman–Crippen LogP) is 3.33. The molecule has 0 atom stereocenters. The van der Waals surface area contributed by atoms with Crippen LogP contribution in [0.3, 0.4) is 0 Å². The van der Waals surface area contributed by atoms with Crippen molar-refractivity contribution in [2.45, 2.75) is 23.8 Å². The Morgan fingerprint density at radius 2 is 1.85 bits per heavy atom. The maximum atomic E-state index is 12.5. The van der Waals surface area contributed by atoms with E-state index in [9.17, 15) is 13.2 Å². The van der Waals surface area contributed by atoms with Gasteiger partial charge in [0.2, 0.25) is 10.0 Å². The zero-order valence-corrected chi connectivity index (χ0v) is 15.7. The Bertz CT molecular complexity index is 1040. The standard InChI is InChI=1S/C18H17N3O3S2/c1-21(13-8-9-13)26(23,24)14-10-6-12(7-11-14)17(22)20-18-19-15-4-2-3-5-16(15)25-18/h2-7,10-11,13H,8-9H2,1H3,(H,19,20,22). The first-order valence-electron chi connectivity index (χ1n) is 8.20. The van der Waals surface area contributed by atoms with Gasteiger partial charge in [0.15, 0.2) is 5.13 Å². The van der Waals surface area contributed by atoms with Crippen LogP contribution in [0.4, 0.5) is 5.13 Å². The lowest BCUT2D eigenvalue weighted by Crippen LogP contribution is -2.29. The lowest BCUT2D eigenvalue weighted by atomic mass is 10.2. The smallest absolute Gasteiger partial charge is 0.257 e. The largest absolute Gasteiger partial charge is 0.298 e. The molecule has 1 aliphatic carbocycles. The number of anilines is 1. The summed E-state index contributed by atoms with van der Waals surface area (Å²) in [7, 11) is -1.91. The third-order valence-electron chi connectivity index (χ3n) is 4.37. The molecule has 1 N–H and O–H groups in total. The van der Waals surface area contributed by atoms with Gasteiger partial charge in [0.1, 0.15) is 0 Å². The van der Waals surface area contributed by atoms with E-state index in [1.54, 1.807) is 7.05 Å². The van der Waals surface area contributed by atoms with Crippen LogP contribution in [0.25, 0.3) is 10.2 Å². The van der Waals surface area contributed by atoms with E-state index in [2.05, 4.69) is 10.3 Å². The van der Waals surface area contributed by atoms with Crippen LogP contribution in [0.15, 0.2) is 53.4 Å². The summed E-state index contributed by atoms with van der Waals surface area (Å²) >= 11 is 1.40. The van der Waals surface area contributed by atoms with Crippen molar-refractivity contribution < 1.29 is 13.2 Å². The van der Waals surface area contributed by atoms with Crippen molar-refractivity contribution in [3.63, 3.8) is 0 Å². The number of fused-ring (bicyclic) bond motifs is 1. The lowest BCUT2D eigenvalue weighted by Gasteiger charge is -2.16. The van der Waals surface area contributed by atoms with Gasteiger partial charge in [-0.2, -0.15) is 4.31 Å². The van der Waals surface area contributed by atoms with Crippen molar-refractivity contribution in [3.05, 3.63) is 54.1 Å². The fourth-order valence-electron chi connectivity index (χ4n) is 2.67. The Hall–Kier alpha value is -2.29. The van der Waals surface area contributed by atoms with Crippen molar-refractivity contribution in [1.29, 1.82) is 0 Å². The molecule has 0 radical (unpaired) electrons. The monoisotopic (exact) mass is 387 g/mol. The van der Waals surface area contributed by atoms with Crippen molar-refractivity contribution in [3.8, 4) is 0 Å². The molecule has 1 amide bonds. The van der Waals surface area contributed by atoms with Crippen LogP contribution in [0.1, 0.15) is 23.2 Å². The molecule has 134 valence electrons. The van der Waals surface area contributed by atoms with Gasteiger partial charge in [-0.1, -0.05) is 23.5 Å². The minimum absolute atomic E-state index is 0.0991. The molecule has 1 aliphatic rings. The van der Waals surface area contributed by atoms with Gasteiger partial charge >= 0.3 is 0 Å². The quantitative estimate of drug-likeness (QED) is 0.728. The number of amides is 1. The number of rotatable bonds is 5. The first-order valence-corrected chi connectivity index (χ1v) is 10.5. The second kappa shape index (κ2) is 6.46. The molecule has 8 heteroatoms. The third kappa shape index (κ3) is 3.23. The molecule has 1 fully saturated rings. The van der Waals surface area contributed by atoms with E-state index in [-0.39, 0.29) is 16.8 Å². The normalized spacial score (nSPS) is 14.7. The topological polar surface area (TPSA) is 79.4 Å². The summed E-state index contributed by atoms with van der Waals surface area (Å²) in [6, 6.07) is 13.7. The number of aromatic nitrogens is 1. The summed E-state index contributed by atoms with van der Waals surface area (Å²) in [6.07, 6.45) is 1.80. The summed E-state index contributed by atoms with van der Waals surface area (Å²) in [5.74, 6) is -0.316. The number of benzene rings is 2. The number of hydrogen-bond acceptors (Lipinski definition) is 5. The Morgan fingerprint density at radius 3 is 2.50 bits per heavy atom.